The summed E-state index contributed by atoms with van der Waals surface area (Å²) in [7, 11) is 0. The van der Waals surface area contributed by atoms with Crippen LogP contribution >= 0.6 is 0 Å². The van der Waals surface area contributed by atoms with Crippen LogP contribution < -0.4 is 4.74 Å². The predicted molar refractivity (Wildman–Crippen MR) is 107 cm³/mol. The van der Waals surface area contributed by atoms with Gasteiger partial charge in [0.2, 0.25) is 0 Å². The van der Waals surface area contributed by atoms with Crippen molar-refractivity contribution in [2.45, 2.75) is 38.6 Å². The monoisotopic (exact) mass is 389 g/mol. The number of furan rings is 1. The Morgan fingerprint density at radius 1 is 1.21 bits per heavy atom. The summed E-state index contributed by atoms with van der Waals surface area (Å²) in [5, 5.41) is 10.2. The number of aliphatic hydroxyl groups excluding tert-OH is 1. The van der Waals surface area contributed by atoms with Gasteiger partial charge in [-0.2, -0.15) is 0 Å². The summed E-state index contributed by atoms with van der Waals surface area (Å²) in [6, 6.07) is 11.9. The van der Waals surface area contributed by atoms with Gasteiger partial charge in [-0.1, -0.05) is 26.0 Å². The zero-order valence-corrected chi connectivity index (χ0v) is 16.8. The van der Waals surface area contributed by atoms with Crippen LogP contribution in [-0.2, 0) is 16.1 Å². The summed E-state index contributed by atoms with van der Waals surface area (Å²) in [6.07, 6.45) is 1.07. The first-order valence-corrected chi connectivity index (χ1v) is 9.95. The lowest BCUT2D eigenvalue weighted by atomic mass is 10.0. The van der Waals surface area contributed by atoms with E-state index in [0.29, 0.717) is 32.3 Å². The Morgan fingerprint density at radius 2 is 2.04 bits per heavy atom. The molecule has 28 heavy (non-hydrogen) atoms. The van der Waals surface area contributed by atoms with Crippen LogP contribution in [0, 0.1) is 0 Å². The molecule has 2 unspecified atom stereocenters. The highest BCUT2D eigenvalue weighted by atomic mass is 16.5. The van der Waals surface area contributed by atoms with E-state index in [4.69, 9.17) is 18.6 Å². The van der Waals surface area contributed by atoms with E-state index in [0.717, 1.165) is 24.6 Å². The zero-order valence-electron chi connectivity index (χ0n) is 16.8. The van der Waals surface area contributed by atoms with Crippen molar-refractivity contribution in [3.05, 3.63) is 54.0 Å². The molecular weight excluding hydrogens is 358 g/mol. The van der Waals surface area contributed by atoms with E-state index in [1.54, 1.807) is 6.26 Å². The van der Waals surface area contributed by atoms with Crippen LogP contribution in [0.25, 0.3) is 0 Å². The fourth-order valence-corrected chi connectivity index (χ4v) is 3.23. The molecule has 0 spiro atoms. The van der Waals surface area contributed by atoms with Crippen molar-refractivity contribution in [1.29, 1.82) is 0 Å². The second-order valence-electron chi connectivity index (χ2n) is 7.54. The van der Waals surface area contributed by atoms with Gasteiger partial charge in [-0.05, 0) is 35.7 Å². The van der Waals surface area contributed by atoms with E-state index in [2.05, 4.69) is 30.9 Å². The van der Waals surface area contributed by atoms with Gasteiger partial charge in [0.05, 0.1) is 25.6 Å². The molecule has 6 heteroatoms. The van der Waals surface area contributed by atoms with Crippen molar-refractivity contribution in [3.63, 3.8) is 0 Å². The van der Waals surface area contributed by atoms with Crippen molar-refractivity contribution in [2.24, 2.45) is 0 Å². The third kappa shape index (κ3) is 6.63. The van der Waals surface area contributed by atoms with Gasteiger partial charge in [0, 0.05) is 19.6 Å². The van der Waals surface area contributed by atoms with Crippen LogP contribution in [0.5, 0.6) is 5.75 Å². The smallest absolute Gasteiger partial charge is 0.129 e. The standard InChI is InChI=1S/C22H31NO5/c1-17(2)18-5-7-20(8-6-18)28-16-22-13-23(9-11-27-22)12-19(24)14-25-15-21-4-3-10-26-21/h3-8,10,17,19,22,24H,9,11-16H2,1-2H3. The van der Waals surface area contributed by atoms with Gasteiger partial charge < -0.3 is 23.7 Å². The van der Waals surface area contributed by atoms with E-state index in [1.807, 2.05) is 24.3 Å². The van der Waals surface area contributed by atoms with Crippen LogP contribution in [0.3, 0.4) is 0 Å². The van der Waals surface area contributed by atoms with Crippen LogP contribution in [-0.4, -0.2) is 61.7 Å². The van der Waals surface area contributed by atoms with Gasteiger partial charge in [-0.3, -0.25) is 4.90 Å². The maximum atomic E-state index is 10.2. The molecule has 2 aromatic rings. The predicted octanol–water partition coefficient (Wildman–Crippen LogP) is 3.06. The molecule has 0 saturated carbocycles. The maximum absolute atomic E-state index is 10.2. The second kappa shape index (κ2) is 10.6. The summed E-state index contributed by atoms with van der Waals surface area (Å²) in [4.78, 5) is 2.19. The molecule has 0 bridgehead atoms. The van der Waals surface area contributed by atoms with Gasteiger partial charge in [0.15, 0.2) is 0 Å². The van der Waals surface area contributed by atoms with Crippen molar-refractivity contribution in [3.8, 4) is 5.75 Å². The number of aliphatic hydroxyl groups is 1. The van der Waals surface area contributed by atoms with Crippen molar-refractivity contribution >= 4 is 0 Å². The Morgan fingerprint density at radius 3 is 2.75 bits per heavy atom. The van der Waals surface area contributed by atoms with Crippen LogP contribution in [0.1, 0.15) is 31.1 Å². The molecule has 0 radical (unpaired) electrons. The Hall–Kier alpha value is -1.86. The van der Waals surface area contributed by atoms with Gasteiger partial charge in [-0.25, -0.2) is 0 Å². The highest BCUT2D eigenvalue weighted by Crippen LogP contribution is 2.19. The SMILES string of the molecule is CC(C)c1ccc(OCC2CN(CC(O)COCc3ccco3)CCO2)cc1. The Kier molecular flexibility index (Phi) is 7.91. The number of rotatable bonds is 10. The minimum Gasteiger partial charge on any atom is -0.491 e. The number of ether oxygens (including phenoxy) is 3. The molecule has 2 heterocycles. The first-order valence-electron chi connectivity index (χ1n) is 9.95. The second-order valence-corrected chi connectivity index (χ2v) is 7.54. The molecule has 1 fully saturated rings. The first kappa shape index (κ1) is 20.9. The quantitative estimate of drug-likeness (QED) is 0.674. The molecule has 1 aromatic heterocycles. The minimum atomic E-state index is -0.543. The maximum Gasteiger partial charge on any atom is 0.129 e. The van der Waals surface area contributed by atoms with E-state index in [-0.39, 0.29) is 12.7 Å². The third-order valence-corrected chi connectivity index (χ3v) is 4.81. The Bertz CT molecular complexity index is 671. The summed E-state index contributed by atoms with van der Waals surface area (Å²) in [5.41, 5.74) is 1.30. The van der Waals surface area contributed by atoms with Gasteiger partial charge in [-0.15, -0.1) is 0 Å². The molecule has 2 atom stereocenters. The Labute approximate surface area is 167 Å². The summed E-state index contributed by atoms with van der Waals surface area (Å²) in [5.74, 6) is 2.13. The molecule has 0 amide bonds. The number of morpholine rings is 1. The highest BCUT2D eigenvalue weighted by Gasteiger charge is 2.23. The molecular formula is C22H31NO5. The fourth-order valence-electron chi connectivity index (χ4n) is 3.23. The van der Waals surface area contributed by atoms with Crippen LogP contribution in [0.2, 0.25) is 0 Å². The van der Waals surface area contributed by atoms with Gasteiger partial charge in [0.1, 0.15) is 30.8 Å². The van der Waals surface area contributed by atoms with Crippen LogP contribution in [0.4, 0.5) is 0 Å². The molecule has 1 aliphatic rings. The number of β-amino-alcohol motifs (C(OH)–C–C–N with tert-alkyl or cyclic N) is 1. The first-order chi connectivity index (χ1) is 13.6. The van der Waals surface area contributed by atoms with Crippen molar-refractivity contribution in [1.82, 2.24) is 4.90 Å². The topological polar surface area (TPSA) is 64.3 Å². The highest BCUT2D eigenvalue weighted by molar-refractivity contribution is 5.28. The number of hydrogen-bond acceptors (Lipinski definition) is 6. The van der Waals surface area contributed by atoms with Crippen molar-refractivity contribution in [2.75, 3.05) is 39.5 Å². The minimum absolute atomic E-state index is 0.00485. The number of nitrogens with zero attached hydrogens (tertiary/aromatic N) is 1. The average molecular weight is 389 g/mol. The van der Waals surface area contributed by atoms with E-state index in [9.17, 15) is 5.11 Å². The lowest BCUT2D eigenvalue weighted by Gasteiger charge is -2.33. The third-order valence-electron chi connectivity index (χ3n) is 4.81. The molecule has 3 rings (SSSR count). The summed E-state index contributed by atoms with van der Waals surface area (Å²) >= 11 is 0. The molecule has 1 aromatic carbocycles. The number of hydrogen-bond donors (Lipinski definition) is 1. The fraction of sp³-hybridized carbons (Fsp3) is 0.545. The average Bonchev–Trinajstić information content (AvgIpc) is 3.20. The Balaban J connectivity index is 1.36. The molecule has 154 valence electrons. The van der Waals surface area contributed by atoms with E-state index >= 15 is 0 Å². The van der Waals surface area contributed by atoms with Crippen molar-refractivity contribution < 1.29 is 23.7 Å². The van der Waals surface area contributed by atoms with Crippen LogP contribution in [0.15, 0.2) is 47.1 Å². The van der Waals surface area contributed by atoms with E-state index in [1.165, 1.54) is 5.56 Å². The molecule has 1 saturated heterocycles. The summed E-state index contributed by atoms with van der Waals surface area (Å²) < 4.78 is 22.4. The molecule has 6 nitrogen and oxygen atoms in total. The normalized spacial score (nSPS) is 19.1. The van der Waals surface area contributed by atoms with E-state index < -0.39 is 6.10 Å². The largest absolute Gasteiger partial charge is 0.491 e. The molecule has 0 aliphatic carbocycles. The lowest BCUT2D eigenvalue weighted by Crippen LogP contribution is -2.48. The summed E-state index contributed by atoms with van der Waals surface area (Å²) in [6.45, 7) is 8.24. The zero-order chi connectivity index (χ0) is 19.8. The van der Waals surface area contributed by atoms with Gasteiger partial charge in [0.25, 0.3) is 0 Å². The lowest BCUT2D eigenvalue weighted by molar-refractivity contribution is -0.0659. The molecule has 1 N–H and O–H groups in total. The number of benzene rings is 1. The molecule has 1 aliphatic heterocycles. The van der Waals surface area contributed by atoms with Gasteiger partial charge >= 0.3 is 0 Å².